The second-order valence-corrected chi connectivity index (χ2v) is 8.60. The van der Waals surface area contributed by atoms with Crippen molar-refractivity contribution in [2.75, 3.05) is 25.0 Å². The third-order valence-corrected chi connectivity index (χ3v) is 6.41. The van der Waals surface area contributed by atoms with Crippen molar-refractivity contribution in [3.8, 4) is 11.4 Å². The van der Waals surface area contributed by atoms with Gasteiger partial charge in [-0.1, -0.05) is 0 Å². The van der Waals surface area contributed by atoms with E-state index < -0.39 is 11.9 Å². The molecule has 178 valence electrons. The maximum Gasteiger partial charge on any atom is 0.451 e. The Morgan fingerprint density at radius 1 is 1.12 bits per heavy atom. The van der Waals surface area contributed by atoms with E-state index in [4.69, 9.17) is 4.42 Å². The number of hydrogen-bond donors (Lipinski definition) is 0. The largest absolute Gasteiger partial charge is 0.451 e. The Morgan fingerprint density at radius 3 is 2.42 bits per heavy atom. The Balaban J connectivity index is 1.43. The van der Waals surface area contributed by atoms with Crippen LogP contribution in [0.2, 0.25) is 0 Å². The maximum absolute atomic E-state index is 13.2. The Kier molecular flexibility index (Phi) is 6.17. The van der Waals surface area contributed by atoms with E-state index in [9.17, 15) is 13.2 Å². The first-order chi connectivity index (χ1) is 15.6. The predicted molar refractivity (Wildman–Crippen MR) is 117 cm³/mol. The number of aryl methyl sites for hydroxylation is 2. The number of hydrogen-bond acceptors (Lipinski definition) is 7. The maximum atomic E-state index is 13.2. The first kappa shape index (κ1) is 23.2. The summed E-state index contributed by atoms with van der Waals surface area (Å²) >= 11 is 0. The molecule has 1 saturated heterocycles. The fourth-order valence-corrected chi connectivity index (χ4v) is 4.43. The van der Waals surface area contributed by atoms with Gasteiger partial charge in [-0.3, -0.25) is 9.58 Å². The van der Waals surface area contributed by atoms with Gasteiger partial charge in [-0.25, -0.2) is 4.98 Å². The molecule has 3 aromatic rings. The third kappa shape index (κ3) is 4.59. The number of anilines is 1. The van der Waals surface area contributed by atoms with Gasteiger partial charge in [-0.05, 0) is 50.9 Å². The van der Waals surface area contributed by atoms with Gasteiger partial charge in [0.1, 0.15) is 11.4 Å². The quantitative estimate of drug-likeness (QED) is 0.568. The lowest BCUT2D eigenvalue weighted by Gasteiger charge is -2.37. The van der Waals surface area contributed by atoms with Gasteiger partial charge in [0.25, 0.3) is 0 Å². The average Bonchev–Trinajstić information content (AvgIpc) is 3.35. The summed E-state index contributed by atoms with van der Waals surface area (Å²) in [6.45, 7) is 7.10. The molecule has 1 fully saturated rings. The molecule has 3 aromatic heterocycles. The fraction of sp³-hybridized carbons (Fsp3) is 0.545. The summed E-state index contributed by atoms with van der Waals surface area (Å²) in [4.78, 5) is 8.10. The van der Waals surface area contributed by atoms with Crippen molar-refractivity contribution in [2.45, 2.75) is 52.4 Å². The van der Waals surface area contributed by atoms with E-state index in [1.165, 1.54) is 6.92 Å². The molecule has 1 aliphatic heterocycles. The molecule has 0 aliphatic carbocycles. The molecule has 1 aliphatic rings. The SMILES string of the molecule is Cc1nc(CN(C)C2CCN(c3nnc(-c4ccnn4C)c(C)c3C)CC2)c(C(F)(F)F)o1. The third-order valence-electron chi connectivity index (χ3n) is 6.41. The molecule has 8 nitrogen and oxygen atoms in total. The van der Waals surface area contributed by atoms with Crippen molar-refractivity contribution in [3.63, 3.8) is 0 Å². The van der Waals surface area contributed by atoms with E-state index in [1.807, 2.05) is 38.9 Å². The molecule has 0 bridgehead atoms. The van der Waals surface area contributed by atoms with Crippen LogP contribution >= 0.6 is 0 Å². The molecule has 0 aromatic carbocycles. The zero-order chi connectivity index (χ0) is 23.9. The van der Waals surface area contributed by atoms with Gasteiger partial charge < -0.3 is 9.32 Å². The normalized spacial score (nSPS) is 15.6. The van der Waals surface area contributed by atoms with Gasteiger partial charge in [-0.2, -0.15) is 18.3 Å². The Bertz CT molecular complexity index is 1130. The second-order valence-electron chi connectivity index (χ2n) is 8.60. The topological polar surface area (TPSA) is 76.1 Å². The average molecular weight is 464 g/mol. The Hall–Kier alpha value is -2.95. The lowest BCUT2D eigenvalue weighted by atomic mass is 10.0. The van der Waals surface area contributed by atoms with Crippen LogP contribution in [0, 0.1) is 20.8 Å². The Morgan fingerprint density at radius 2 is 1.82 bits per heavy atom. The van der Waals surface area contributed by atoms with Crippen LogP contribution in [0.3, 0.4) is 0 Å². The first-order valence-corrected chi connectivity index (χ1v) is 10.9. The summed E-state index contributed by atoms with van der Waals surface area (Å²) in [5.41, 5.74) is 3.79. The highest BCUT2D eigenvalue weighted by molar-refractivity contribution is 5.64. The highest BCUT2D eigenvalue weighted by Gasteiger charge is 2.39. The van der Waals surface area contributed by atoms with Gasteiger partial charge >= 0.3 is 6.18 Å². The van der Waals surface area contributed by atoms with Gasteiger partial charge in [0.2, 0.25) is 5.76 Å². The predicted octanol–water partition coefficient (Wildman–Crippen LogP) is 3.91. The molecule has 4 heterocycles. The van der Waals surface area contributed by atoms with Crippen LogP contribution in [-0.4, -0.2) is 56.0 Å². The summed E-state index contributed by atoms with van der Waals surface area (Å²) in [5.74, 6) is -0.121. The number of alkyl halides is 3. The number of rotatable bonds is 5. The van der Waals surface area contributed by atoms with Crippen molar-refractivity contribution >= 4 is 5.82 Å². The van der Waals surface area contributed by atoms with Gasteiger partial charge in [-0.15, -0.1) is 10.2 Å². The molecular weight excluding hydrogens is 435 g/mol. The second kappa shape index (κ2) is 8.77. The number of aromatic nitrogens is 5. The summed E-state index contributed by atoms with van der Waals surface area (Å²) in [6.07, 6.45) is -1.20. The summed E-state index contributed by atoms with van der Waals surface area (Å²) < 4.78 is 46.3. The first-order valence-electron chi connectivity index (χ1n) is 10.9. The van der Waals surface area contributed by atoms with E-state index >= 15 is 0 Å². The lowest BCUT2D eigenvalue weighted by molar-refractivity contribution is -0.154. The molecule has 0 amide bonds. The lowest BCUT2D eigenvalue weighted by Crippen LogP contribution is -2.44. The van der Waals surface area contributed by atoms with Gasteiger partial charge in [0.05, 0.1) is 5.69 Å². The smallest absolute Gasteiger partial charge is 0.436 e. The minimum Gasteiger partial charge on any atom is -0.436 e. The van der Waals surface area contributed by atoms with Crippen LogP contribution in [0.15, 0.2) is 16.7 Å². The van der Waals surface area contributed by atoms with Gasteiger partial charge in [0, 0.05) is 45.8 Å². The number of nitrogens with zero attached hydrogens (tertiary/aromatic N) is 7. The van der Waals surface area contributed by atoms with Crippen LogP contribution in [0.5, 0.6) is 0 Å². The minimum atomic E-state index is -4.55. The summed E-state index contributed by atoms with van der Waals surface area (Å²) in [7, 11) is 3.71. The van der Waals surface area contributed by atoms with E-state index in [1.54, 1.807) is 10.9 Å². The molecule has 0 spiro atoms. The molecular formula is C22H28F3N7O. The van der Waals surface area contributed by atoms with E-state index in [0.29, 0.717) is 0 Å². The summed E-state index contributed by atoms with van der Waals surface area (Å²) in [6, 6.07) is 2.06. The highest BCUT2D eigenvalue weighted by atomic mass is 19.4. The molecule has 0 unspecified atom stereocenters. The molecule has 4 rings (SSSR count). The number of oxazole rings is 1. The van der Waals surface area contributed by atoms with Crippen molar-refractivity contribution in [1.29, 1.82) is 0 Å². The van der Waals surface area contributed by atoms with Gasteiger partial charge in [0.15, 0.2) is 11.7 Å². The molecule has 0 radical (unpaired) electrons. The number of piperidine rings is 1. The van der Waals surface area contributed by atoms with E-state index in [-0.39, 0.29) is 24.2 Å². The van der Waals surface area contributed by atoms with Crippen molar-refractivity contribution < 1.29 is 17.6 Å². The molecule has 33 heavy (non-hydrogen) atoms. The van der Waals surface area contributed by atoms with Crippen LogP contribution in [0.1, 0.15) is 41.3 Å². The van der Waals surface area contributed by atoms with Crippen LogP contribution in [-0.2, 0) is 19.8 Å². The zero-order valence-electron chi connectivity index (χ0n) is 19.4. The van der Waals surface area contributed by atoms with E-state index in [2.05, 4.69) is 25.2 Å². The van der Waals surface area contributed by atoms with Crippen molar-refractivity contribution in [3.05, 3.63) is 40.7 Å². The number of halogens is 3. The minimum absolute atomic E-state index is 0.0273. The zero-order valence-corrected chi connectivity index (χ0v) is 19.4. The molecule has 0 saturated carbocycles. The molecule has 0 N–H and O–H groups in total. The fourth-order valence-electron chi connectivity index (χ4n) is 4.43. The highest BCUT2D eigenvalue weighted by Crippen LogP contribution is 2.34. The standard InChI is InChI=1S/C22H28F3N7O/c1-13-14(2)21(29-28-19(13)18-6-9-26-31(18)5)32-10-7-16(8-11-32)30(4)12-17-20(22(23,24)25)33-15(3)27-17/h6,9,16H,7-8,10-12H2,1-5H3. The van der Waals surface area contributed by atoms with Crippen molar-refractivity contribution in [2.24, 2.45) is 7.05 Å². The van der Waals surface area contributed by atoms with Crippen LogP contribution < -0.4 is 4.90 Å². The summed E-state index contributed by atoms with van der Waals surface area (Å²) in [5, 5.41) is 13.2. The van der Waals surface area contributed by atoms with E-state index in [0.717, 1.165) is 54.3 Å². The Labute approximate surface area is 190 Å². The van der Waals surface area contributed by atoms with Crippen LogP contribution in [0.4, 0.5) is 19.0 Å². The van der Waals surface area contributed by atoms with Crippen LogP contribution in [0.25, 0.3) is 11.4 Å². The monoisotopic (exact) mass is 463 g/mol. The van der Waals surface area contributed by atoms with Crippen molar-refractivity contribution in [1.82, 2.24) is 29.9 Å². The molecule has 0 atom stereocenters. The molecule has 11 heteroatoms.